The summed E-state index contributed by atoms with van der Waals surface area (Å²) in [6, 6.07) is 0. The van der Waals surface area contributed by atoms with E-state index in [9.17, 15) is 4.79 Å². The Morgan fingerprint density at radius 3 is 2.73 bits per heavy atom. The van der Waals surface area contributed by atoms with E-state index in [2.05, 4.69) is 10.2 Å². The molecule has 3 saturated heterocycles. The van der Waals surface area contributed by atoms with Gasteiger partial charge in [-0.2, -0.15) is 0 Å². The molecule has 1 atom stereocenters. The molecule has 0 bridgehead atoms. The Labute approximate surface area is 144 Å². The minimum Gasteiger partial charge on any atom is -0.377 e. The van der Waals surface area contributed by atoms with Crippen molar-refractivity contribution in [1.29, 1.82) is 0 Å². The highest BCUT2D eigenvalue weighted by Crippen LogP contribution is 2.37. The van der Waals surface area contributed by atoms with Gasteiger partial charge >= 0.3 is 0 Å². The van der Waals surface area contributed by atoms with Crippen LogP contribution in [0.1, 0.15) is 38.5 Å². The van der Waals surface area contributed by atoms with Crippen molar-refractivity contribution in [2.24, 2.45) is 5.41 Å². The van der Waals surface area contributed by atoms with E-state index in [1.54, 1.807) is 11.8 Å². The molecule has 0 aliphatic carbocycles. The molecule has 3 fully saturated rings. The number of nitrogens with one attached hydrogen (secondary N) is 1. The zero-order valence-electron chi connectivity index (χ0n) is 13.3. The fourth-order valence-electron chi connectivity index (χ4n) is 3.76. The summed E-state index contributed by atoms with van der Waals surface area (Å²) in [5.41, 5.74) is 0.500. The van der Waals surface area contributed by atoms with Crippen LogP contribution in [-0.2, 0) is 9.53 Å². The lowest BCUT2D eigenvalue weighted by Crippen LogP contribution is -2.44. The second-order valence-electron chi connectivity index (χ2n) is 6.81. The quantitative estimate of drug-likeness (QED) is 0.846. The third kappa shape index (κ3) is 4.76. The summed E-state index contributed by atoms with van der Waals surface area (Å²) in [5.74, 6) is 1.94. The van der Waals surface area contributed by atoms with Crippen LogP contribution in [0.4, 0.5) is 0 Å². The number of ether oxygens (including phenoxy) is 1. The van der Waals surface area contributed by atoms with Crippen molar-refractivity contribution in [3.8, 4) is 0 Å². The first kappa shape index (κ1) is 18.4. The Hall–Kier alpha value is 0.0300. The van der Waals surface area contributed by atoms with Gasteiger partial charge in [-0.3, -0.25) is 4.79 Å². The molecule has 1 spiro atoms. The lowest BCUT2D eigenvalue weighted by Gasteiger charge is -2.39. The first-order chi connectivity index (χ1) is 10.3. The number of amides is 1. The van der Waals surface area contributed by atoms with E-state index in [4.69, 9.17) is 4.74 Å². The lowest BCUT2D eigenvalue weighted by atomic mass is 9.78. The molecule has 4 nitrogen and oxygen atoms in total. The van der Waals surface area contributed by atoms with E-state index in [0.717, 1.165) is 38.5 Å². The number of likely N-dealkylation sites (tertiary alicyclic amines) is 1. The molecular formula is C16H29ClN2O2S. The summed E-state index contributed by atoms with van der Waals surface area (Å²) in [4.78, 5) is 14.4. The van der Waals surface area contributed by atoms with Gasteiger partial charge < -0.3 is 15.0 Å². The van der Waals surface area contributed by atoms with Crippen molar-refractivity contribution in [3.63, 3.8) is 0 Å². The average molecular weight is 349 g/mol. The molecule has 1 unspecified atom stereocenters. The second kappa shape index (κ2) is 8.76. The Morgan fingerprint density at radius 2 is 2.09 bits per heavy atom. The molecule has 6 heteroatoms. The maximum absolute atomic E-state index is 12.3. The van der Waals surface area contributed by atoms with Crippen molar-refractivity contribution >= 4 is 30.1 Å². The van der Waals surface area contributed by atoms with Gasteiger partial charge in [-0.25, -0.2) is 0 Å². The van der Waals surface area contributed by atoms with E-state index < -0.39 is 0 Å². The van der Waals surface area contributed by atoms with Crippen LogP contribution >= 0.6 is 24.2 Å². The highest BCUT2D eigenvalue weighted by molar-refractivity contribution is 7.99. The first-order valence-corrected chi connectivity index (χ1v) is 9.61. The van der Waals surface area contributed by atoms with Gasteiger partial charge in [-0.15, -0.1) is 24.2 Å². The predicted molar refractivity (Wildman–Crippen MR) is 93.9 cm³/mol. The van der Waals surface area contributed by atoms with Gasteiger partial charge in [0.15, 0.2) is 0 Å². The minimum absolute atomic E-state index is 0. The number of rotatable bonds is 4. The molecule has 3 aliphatic rings. The van der Waals surface area contributed by atoms with Crippen LogP contribution in [-0.4, -0.2) is 61.2 Å². The molecule has 3 rings (SSSR count). The van der Waals surface area contributed by atoms with Crippen molar-refractivity contribution in [2.75, 3.05) is 44.3 Å². The molecule has 0 saturated carbocycles. The van der Waals surface area contributed by atoms with E-state index >= 15 is 0 Å². The first-order valence-electron chi connectivity index (χ1n) is 8.45. The number of carbonyl (C=O) groups excluding carboxylic acids is 1. The summed E-state index contributed by atoms with van der Waals surface area (Å²) in [7, 11) is 0. The smallest absolute Gasteiger partial charge is 0.232 e. The lowest BCUT2D eigenvalue weighted by molar-refractivity contribution is -0.130. The number of hydrogen-bond donors (Lipinski definition) is 1. The van der Waals surface area contributed by atoms with Gasteiger partial charge in [0.2, 0.25) is 5.91 Å². The van der Waals surface area contributed by atoms with Crippen molar-refractivity contribution in [3.05, 3.63) is 0 Å². The molecular weight excluding hydrogens is 320 g/mol. The zero-order valence-corrected chi connectivity index (χ0v) is 15.0. The summed E-state index contributed by atoms with van der Waals surface area (Å²) < 4.78 is 5.72. The van der Waals surface area contributed by atoms with Crippen LogP contribution in [0.15, 0.2) is 0 Å². The highest BCUT2D eigenvalue weighted by Gasteiger charge is 2.37. The number of hydrogen-bond acceptors (Lipinski definition) is 4. The maximum Gasteiger partial charge on any atom is 0.232 e. The number of carbonyl (C=O) groups is 1. The van der Waals surface area contributed by atoms with Crippen molar-refractivity contribution in [1.82, 2.24) is 10.2 Å². The molecule has 22 heavy (non-hydrogen) atoms. The number of halogens is 1. The van der Waals surface area contributed by atoms with Gasteiger partial charge in [0, 0.05) is 32.0 Å². The van der Waals surface area contributed by atoms with Crippen molar-refractivity contribution in [2.45, 2.75) is 44.6 Å². The molecule has 0 radical (unpaired) electrons. The summed E-state index contributed by atoms with van der Waals surface area (Å²) in [6.45, 7) is 5.14. The molecule has 1 amide bonds. The third-order valence-corrected chi connectivity index (χ3v) is 6.37. The van der Waals surface area contributed by atoms with Gasteiger partial charge in [0.05, 0.1) is 11.9 Å². The molecule has 3 heterocycles. The van der Waals surface area contributed by atoms with Gasteiger partial charge in [0.1, 0.15) is 0 Å². The minimum atomic E-state index is 0. The number of piperidine rings is 1. The molecule has 0 aromatic rings. The summed E-state index contributed by atoms with van der Waals surface area (Å²) >= 11 is 1.76. The standard InChI is InChI=1S/C16H28N2O2S.ClH/c19-15(12-21-11-14-3-1-2-10-20-14)18-8-5-16(6-9-18)4-7-17-13-16;/h14,17H,1-13H2;1H. The Balaban J connectivity index is 0.00000176. The monoisotopic (exact) mass is 348 g/mol. The van der Waals surface area contributed by atoms with E-state index in [0.29, 0.717) is 23.2 Å². The Bertz CT molecular complexity index is 348. The Kier molecular flexibility index (Phi) is 7.32. The third-order valence-electron chi connectivity index (χ3n) is 5.31. The van der Waals surface area contributed by atoms with Crippen molar-refractivity contribution < 1.29 is 9.53 Å². The van der Waals surface area contributed by atoms with E-state index in [1.165, 1.54) is 38.5 Å². The molecule has 3 aliphatic heterocycles. The second-order valence-corrected chi connectivity index (χ2v) is 7.84. The van der Waals surface area contributed by atoms with Gasteiger partial charge in [0.25, 0.3) is 0 Å². The van der Waals surface area contributed by atoms with E-state index in [-0.39, 0.29) is 12.4 Å². The summed E-state index contributed by atoms with van der Waals surface area (Å²) in [5, 5.41) is 3.48. The molecule has 1 N–H and O–H groups in total. The van der Waals surface area contributed by atoms with Crippen LogP contribution in [0, 0.1) is 5.41 Å². The fourth-order valence-corrected chi connectivity index (χ4v) is 4.76. The predicted octanol–water partition coefficient (Wildman–Crippen LogP) is 2.31. The van der Waals surface area contributed by atoms with Crippen LogP contribution in [0.2, 0.25) is 0 Å². The SMILES string of the molecule is Cl.O=C(CSCC1CCCCO1)N1CCC2(CCNC2)CC1. The zero-order chi connectivity index (χ0) is 14.5. The van der Waals surface area contributed by atoms with Crippen LogP contribution in [0.3, 0.4) is 0 Å². The van der Waals surface area contributed by atoms with Gasteiger partial charge in [-0.05, 0) is 50.5 Å². The van der Waals surface area contributed by atoms with Crippen LogP contribution in [0.5, 0.6) is 0 Å². The normalized spacial score (nSPS) is 27.6. The topological polar surface area (TPSA) is 41.6 Å². The molecule has 0 aromatic heterocycles. The van der Waals surface area contributed by atoms with Crippen LogP contribution in [0.25, 0.3) is 0 Å². The van der Waals surface area contributed by atoms with Gasteiger partial charge in [-0.1, -0.05) is 0 Å². The largest absolute Gasteiger partial charge is 0.377 e. The fraction of sp³-hybridized carbons (Fsp3) is 0.938. The molecule has 128 valence electrons. The number of thioether (sulfide) groups is 1. The average Bonchev–Trinajstić information content (AvgIpc) is 2.97. The van der Waals surface area contributed by atoms with E-state index in [1.807, 2.05) is 0 Å². The molecule has 0 aromatic carbocycles. The summed E-state index contributed by atoms with van der Waals surface area (Å²) in [6.07, 6.45) is 7.69. The maximum atomic E-state index is 12.3. The number of nitrogens with zero attached hydrogens (tertiary/aromatic N) is 1. The van der Waals surface area contributed by atoms with Crippen LogP contribution < -0.4 is 5.32 Å². The Morgan fingerprint density at radius 1 is 1.27 bits per heavy atom. The highest BCUT2D eigenvalue weighted by atomic mass is 35.5.